The van der Waals surface area contributed by atoms with Crippen molar-refractivity contribution in [3.63, 3.8) is 0 Å². The number of carbonyl (C=O) groups excluding carboxylic acids is 2. The van der Waals surface area contributed by atoms with Crippen molar-refractivity contribution in [2.45, 2.75) is 87.8 Å². The number of halogens is 6. The number of nitrogens with one attached hydrogen (secondary N) is 2. The lowest BCUT2D eigenvalue weighted by molar-refractivity contribution is -0.143. The van der Waals surface area contributed by atoms with Crippen LogP contribution in [-0.4, -0.2) is 52.5 Å². The Morgan fingerprint density at radius 2 is 1.73 bits per heavy atom. The van der Waals surface area contributed by atoms with E-state index in [1.165, 1.54) is 26.1 Å². The van der Waals surface area contributed by atoms with Gasteiger partial charge in [0.25, 0.3) is 17.7 Å². The molecule has 2 aromatic rings. The molecule has 2 saturated heterocycles. The molecule has 2 unspecified atom stereocenters. The maximum absolute atomic E-state index is 13.5. The second-order valence-corrected chi connectivity index (χ2v) is 11.5. The van der Waals surface area contributed by atoms with Gasteiger partial charge in [-0.25, -0.2) is 13.8 Å². The van der Waals surface area contributed by atoms with Gasteiger partial charge in [0.1, 0.15) is 11.6 Å². The van der Waals surface area contributed by atoms with Gasteiger partial charge in [0.15, 0.2) is 5.60 Å². The maximum atomic E-state index is 13.5. The van der Waals surface area contributed by atoms with Crippen LogP contribution in [0.2, 0.25) is 5.02 Å². The van der Waals surface area contributed by atoms with E-state index in [2.05, 4.69) is 20.5 Å². The third kappa shape index (κ3) is 5.82. The lowest BCUT2D eigenvalue weighted by Gasteiger charge is -2.41. The predicted octanol–water partition coefficient (Wildman–Crippen LogP) is 5.36. The molecule has 3 fully saturated rings. The van der Waals surface area contributed by atoms with Crippen LogP contribution in [0.5, 0.6) is 5.75 Å². The lowest BCUT2D eigenvalue weighted by atomic mass is 9.96. The largest absolute Gasteiger partial charge is 0.477 e. The van der Waals surface area contributed by atoms with Crippen LogP contribution < -0.4 is 20.3 Å². The average Bonchev–Trinajstić information content (AvgIpc) is 3.37. The number of hydrogen-bond donors (Lipinski definition) is 2. The van der Waals surface area contributed by atoms with Crippen LogP contribution in [0, 0.1) is 0 Å². The molecule has 3 heterocycles. The Balaban J connectivity index is 1.20. The summed E-state index contributed by atoms with van der Waals surface area (Å²) < 4.78 is 72.2. The van der Waals surface area contributed by atoms with E-state index in [9.17, 15) is 31.5 Å². The fourth-order valence-corrected chi connectivity index (χ4v) is 5.62. The van der Waals surface area contributed by atoms with Crippen LogP contribution >= 0.6 is 11.6 Å². The Kier molecular flexibility index (Phi) is 7.12. The van der Waals surface area contributed by atoms with Crippen molar-refractivity contribution < 1.29 is 36.3 Å². The normalized spacial score (nSPS) is 25.4. The van der Waals surface area contributed by atoms with Crippen molar-refractivity contribution in [1.29, 1.82) is 0 Å². The van der Waals surface area contributed by atoms with E-state index in [0.29, 0.717) is 18.7 Å². The third-order valence-corrected chi connectivity index (χ3v) is 7.87. The minimum atomic E-state index is -4.71. The molecule has 1 saturated carbocycles. The number of rotatable bonds is 7. The molecule has 4 atom stereocenters. The molecule has 1 aromatic carbocycles. The molecule has 40 heavy (non-hydrogen) atoms. The molecule has 2 aliphatic heterocycles. The van der Waals surface area contributed by atoms with Crippen molar-refractivity contribution >= 4 is 29.2 Å². The predicted molar refractivity (Wildman–Crippen MR) is 137 cm³/mol. The third-order valence-electron chi connectivity index (χ3n) is 7.63. The number of piperidine rings is 1. The van der Waals surface area contributed by atoms with Gasteiger partial charge < -0.3 is 20.3 Å². The van der Waals surface area contributed by atoms with Crippen LogP contribution in [0.1, 0.15) is 61.9 Å². The molecule has 216 valence electrons. The summed E-state index contributed by atoms with van der Waals surface area (Å²) in [6.07, 6.45) is -0.806. The number of fused-ring (bicyclic) bond motifs is 2. The molecule has 2 N–H and O–H groups in total. The van der Waals surface area contributed by atoms with Crippen LogP contribution in [0.15, 0.2) is 36.5 Å². The monoisotopic (exact) mass is 586 g/mol. The molecule has 1 aliphatic carbocycles. The fourth-order valence-electron chi connectivity index (χ4n) is 5.45. The highest BCUT2D eigenvalue weighted by atomic mass is 35.5. The van der Waals surface area contributed by atoms with E-state index >= 15 is 0 Å². The molecule has 7 nitrogen and oxygen atoms in total. The van der Waals surface area contributed by atoms with E-state index < -0.39 is 46.9 Å². The second kappa shape index (κ2) is 10.0. The zero-order chi connectivity index (χ0) is 29.0. The zero-order valence-electron chi connectivity index (χ0n) is 21.7. The smallest absolute Gasteiger partial charge is 0.420 e. The van der Waals surface area contributed by atoms with Gasteiger partial charge in [-0.15, -0.1) is 0 Å². The minimum Gasteiger partial charge on any atom is -0.477 e. The Hall–Kier alpha value is -3.15. The highest BCUT2D eigenvalue weighted by Gasteiger charge is 2.58. The van der Waals surface area contributed by atoms with Gasteiger partial charge in [-0.1, -0.05) is 11.6 Å². The Labute approximate surface area is 232 Å². The number of aromatic nitrogens is 1. The van der Waals surface area contributed by atoms with Gasteiger partial charge in [0, 0.05) is 35.8 Å². The van der Waals surface area contributed by atoms with Gasteiger partial charge in [-0.2, -0.15) is 13.2 Å². The number of nitrogens with zero attached hydrogens (tertiary/aromatic N) is 2. The SMILES string of the molecule is CC(C)(Oc1ccc(Cl)cc1C(F)(F)F)C(=O)NC1C[C@H]2CC[C@@H](C1)N2c1ccc(C(=O)NC2CC2(F)F)cn1. The van der Waals surface area contributed by atoms with Gasteiger partial charge >= 0.3 is 6.18 Å². The summed E-state index contributed by atoms with van der Waals surface area (Å²) in [7, 11) is 0. The molecule has 3 aliphatic rings. The van der Waals surface area contributed by atoms with Gasteiger partial charge in [0.05, 0.1) is 17.2 Å². The second-order valence-electron chi connectivity index (χ2n) is 11.1. The van der Waals surface area contributed by atoms with Gasteiger partial charge in [0.2, 0.25) is 0 Å². The molecule has 0 radical (unpaired) electrons. The summed E-state index contributed by atoms with van der Waals surface area (Å²) in [5.41, 5.74) is -2.46. The lowest BCUT2D eigenvalue weighted by Crippen LogP contribution is -2.55. The summed E-state index contributed by atoms with van der Waals surface area (Å²) in [6.45, 7) is 2.82. The fraction of sp³-hybridized carbons (Fsp3) is 0.519. The first kappa shape index (κ1) is 28.4. The van der Waals surface area contributed by atoms with Crippen LogP contribution in [0.4, 0.5) is 27.8 Å². The zero-order valence-corrected chi connectivity index (χ0v) is 22.5. The molecule has 5 rings (SSSR count). The Morgan fingerprint density at radius 3 is 2.27 bits per heavy atom. The molecule has 2 bridgehead atoms. The quantitative estimate of drug-likeness (QED) is 0.427. The van der Waals surface area contributed by atoms with Crippen molar-refractivity contribution in [3.05, 3.63) is 52.7 Å². The first-order valence-electron chi connectivity index (χ1n) is 12.9. The number of pyridine rings is 1. The summed E-state index contributed by atoms with van der Waals surface area (Å²) in [5.74, 6) is -3.83. The van der Waals surface area contributed by atoms with E-state index in [1.807, 2.05) is 0 Å². The van der Waals surface area contributed by atoms with Crippen molar-refractivity contribution in [3.8, 4) is 5.75 Å². The highest BCUT2D eigenvalue weighted by Crippen LogP contribution is 2.42. The van der Waals surface area contributed by atoms with Crippen molar-refractivity contribution in [2.75, 3.05) is 4.90 Å². The summed E-state index contributed by atoms with van der Waals surface area (Å²) in [4.78, 5) is 31.9. The number of anilines is 1. The average molecular weight is 587 g/mol. The van der Waals surface area contributed by atoms with E-state index in [-0.39, 0.29) is 35.1 Å². The number of alkyl halides is 5. The van der Waals surface area contributed by atoms with Crippen LogP contribution in [0.3, 0.4) is 0 Å². The van der Waals surface area contributed by atoms with Crippen LogP contribution in [0.25, 0.3) is 0 Å². The van der Waals surface area contributed by atoms with Gasteiger partial charge in [-0.05, 0) is 69.9 Å². The number of carbonyl (C=O) groups is 2. The first-order chi connectivity index (χ1) is 18.6. The van der Waals surface area contributed by atoms with Crippen molar-refractivity contribution in [2.24, 2.45) is 0 Å². The topological polar surface area (TPSA) is 83.6 Å². The standard InChI is InChI=1S/C27H28ClF5N4O3/c1-25(2,40-20-7-4-15(28)9-19(20)27(31,32)33)24(39)35-16-10-17-5-6-18(11-16)37(17)22-8-3-14(13-34-22)23(38)36-21-12-26(21,29)30/h3-4,7-9,13,16-18,21H,5-6,10-12H2,1-2H3,(H,35,39)(H,36,38)/t16?,17-,18+,21?. The Bertz CT molecular complexity index is 1290. The molecular weight excluding hydrogens is 559 g/mol. The summed E-state index contributed by atoms with van der Waals surface area (Å²) >= 11 is 5.74. The van der Waals surface area contributed by atoms with Crippen LogP contribution in [-0.2, 0) is 11.0 Å². The van der Waals surface area contributed by atoms with E-state index in [0.717, 1.165) is 25.0 Å². The summed E-state index contributed by atoms with van der Waals surface area (Å²) in [5, 5.41) is 5.15. The van der Waals surface area contributed by atoms with E-state index in [4.69, 9.17) is 16.3 Å². The molecular formula is C27H28ClF5N4O3. The molecule has 13 heteroatoms. The molecule has 2 amide bonds. The first-order valence-corrected chi connectivity index (χ1v) is 13.3. The summed E-state index contributed by atoms with van der Waals surface area (Å²) in [6, 6.07) is 5.12. The van der Waals surface area contributed by atoms with Crippen molar-refractivity contribution in [1.82, 2.24) is 15.6 Å². The Morgan fingerprint density at radius 1 is 1.07 bits per heavy atom. The van der Waals surface area contributed by atoms with E-state index in [1.54, 1.807) is 12.1 Å². The van der Waals surface area contributed by atoms with Gasteiger partial charge in [-0.3, -0.25) is 9.59 Å². The molecule has 1 aromatic heterocycles. The number of amides is 2. The molecule has 0 spiro atoms. The number of hydrogen-bond acceptors (Lipinski definition) is 5. The maximum Gasteiger partial charge on any atom is 0.420 e. The minimum absolute atomic E-state index is 0.0542. The number of ether oxygens (including phenoxy) is 1. The number of benzene rings is 1. The highest BCUT2D eigenvalue weighted by molar-refractivity contribution is 6.30.